The van der Waals surface area contributed by atoms with Crippen molar-refractivity contribution >= 4 is 23.0 Å². The van der Waals surface area contributed by atoms with E-state index in [1.807, 2.05) is 25.3 Å². The average molecular weight is 456 g/mol. The van der Waals surface area contributed by atoms with Crippen LogP contribution in [0.5, 0.6) is 0 Å². The minimum Gasteiger partial charge on any atom is -0.481 e. The molecule has 2 heterocycles. The number of anilines is 3. The highest BCUT2D eigenvalue weighted by Gasteiger charge is 2.25. The van der Waals surface area contributed by atoms with E-state index < -0.39 is 5.97 Å². The van der Waals surface area contributed by atoms with Gasteiger partial charge >= 0.3 is 5.97 Å². The first-order chi connectivity index (χ1) is 15.9. The molecule has 1 atom stereocenters. The molecule has 1 aliphatic heterocycles. The quantitative estimate of drug-likeness (QED) is 0.482. The van der Waals surface area contributed by atoms with Crippen LogP contribution in [0.1, 0.15) is 57.2 Å². The van der Waals surface area contributed by atoms with Crippen molar-refractivity contribution < 1.29 is 19.4 Å². The third-order valence-electron chi connectivity index (χ3n) is 5.97. The van der Waals surface area contributed by atoms with E-state index in [9.17, 15) is 9.90 Å². The monoisotopic (exact) mass is 455 g/mol. The van der Waals surface area contributed by atoms with Crippen molar-refractivity contribution in [2.45, 2.75) is 58.6 Å². The summed E-state index contributed by atoms with van der Waals surface area (Å²) in [5.41, 5.74) is 4.86. The summed E-state index contributed by atoms with van der Waals surface area (Å²) in [6.45, 7) is 9.40. The molecule has 1 saturated heterocycles. The fraction of sp³-hybridized carbons (Fsp3) is 0.538. The Kier molecular flexibility index (Phi) is 9.09. The first kappa shape index (κ1) is 25.0. The minimum absolute atomic E-state index is 0.0825. The number of nitrogens with one attached hydrogen (secondary N) is 1. The highest BCUT2D eigenvalue weighted by molar-refractivity contribution is 5.77. The number of nitrogens with zero attached hydrogens (tertiary/aromatic N) is 2. The van der Waals surface area contributed by atoms with Crippen LogP contribution in [0.3, 0.4) is 0 Å². The molecule has 1 aromatic carbocycles. The standard InChI is InChI=1S/C26H37N3O4/c1-18(2)16-29(23-9-11-33-12-10-23)25-8-5-20(19(3)13-26(30)31)14-24(25)28-21-6-7-22(17-32-4)27-15-21/h5-8,14-15,18-19,23,28H,9-13,16-17H2,1-4H3,(H,30,31). The van der Waals surface area contributed by atoms with Gasteiger partial charge in [-0.2, -0.15) is 0 Å². The maximum absolute atomic E-state index is 11.3. The number of ether oxygens (including phenoxy) is 2. The summed E-state index contributed by atoms with van der Waals surface area (Å²) >= 11 is 0. The molecule has 7 heteroatoms. The number of pyridine rings is 1. The molecule has 0 amide bonds. The molecule has 180 valence electrons. The number of hydrogen-bond donors (Lipinski definition) is 2. The average Bonchev–Trinajstić information content (AvgIpc) is 2.79. The first-order valence-electron chi connectivity index (χ1n) is 11.8. The summed E-state index contributed by atoms with van der Waals surface area (Å²) in [6, 6.07) is 10.7. The van der Waals surface area contributed by atoms with E-state index in [0.29, 0.717) is 18.6 Å². The molecule has 1 aliphatic rings. The second-order valence-electron chi connectivity index (χ2n) is 9.26. The molecule has 2 N–H and O–H groups in total. The van der Waals surface area contributed by atoms with Crippen LogP contribution in [0.2, 0.25) is 0 Å². The van der Waals surface area contributed by atoms with E-state index in [-0.39, 0.29) is 12.3 Å². The summed E-state index contributed by atoms with van der Waals surface area (Å²) in [5.74, 6) is -0.370. The molecule has 2 aromatic rings. The van der Waals surface area contributed by atoms with Gasteiger partial charge in [0.1, 0.15) is 0 Å². The molecule has 0 radical (unpaired) electrons. The number of carboxylic acids is 1. The van der Waals surface area contributed by atoms with E-state index in [4.69, 9.17) is 9.47 Å². The number of hydrogen-bond acceptors (Lipinski definition) is 6. The van der Waals surface area contributed by atoms with Gasteiger partial charge in [0.2, 0.25) is 0 Å². The van der Waals surface area contributed by atoms with E-state index >= 15 is 0 Å². The van der Waals surface area contributed by atoms with Crippen molar-refractivity contribution in [3.8, 4) is 0 Å². The molecule has 0 aliphatic carbocycles. The van der Waals surface area contributed by atoms with Gasteiger partial charge in [-0.25, -0.2) is 0 Å². The molecule has 7 nitrogen and oxygen atoms in total. The Labute approximate surface area is 197 Å². The smallest absolute Gasteiger partial charge is 0.303 e. The lowest BCUT2D eigenvalue weighted by Gasteiger charge is -2.38. The van der Waals surface area contributed by atoms with Gasteiger partial charge in [0, 0.05) is 32.9 Å². The highest BCUT2D eigenvalue weighted by atomic mass is 16.5. The molecule has 1 unspecified atom stereocenters. The number of carbonyl (C=O) groups is 1. The van der Waals surface area contributed by atoms with Crippen molar-refractivity contribution in [1.29, 1.82) is 0 Å². The van der Waals surface area contributed by atoms with Crippen LogP contribution < -0.4 is 10.2 Å². The minimum atomic E-state index is -0.789. The summed E-state index contributed by atoms with van der Waals surface area (Å²) < 4.78 is 10.8. The Morgan fingerprint density at radius 1 is 1.24 bits per heavy atom. The molecule has 0 bridgehead atoms. The fourth-order valence-corrected chi connectivity index (χ4v) is 4.31. The van der Waals surface area contributed by atoms with Crippen molar-refractivity contribution in [2.75, 3.05) is 37.1 Å². The Hall–Kier alpha value is -2.64. The van der Waals surface area contributed by atoms with E-state index in [0.717, 1.165) is 60.9 Å². The van der Waals surface area contributed by atoms with Gasteiger partial charge in [-0.05, 0) is 54.5 Å². The number of rotatable bonds is 11. The Morgan fingerprint density at radius 2 is 2.00 bits per heavy atom. The maximum Gasteiger partial charge on any atom is 0.303 e. The van der Waals surface area contributed by atoms with Crippen LogP contribution in [0.4, 0.5) is 17.1 Å². The fourth-order valence-electron chi connectivity index (χ4n) is 4.31. The SMILES string of the molecule is COCc1ccc(Nc2cc(C(C)CC(=O)O)ccc2N(CC(C)C)C2CCOCC2)cn1. The normalized spacial score (nSPS) is 15.4. The first-order valence-corrected chi connectivity index (χ1v) is 11.8. The lowest BCUT2D eigenvalue weighted by molar-refractivity contribution is -0.137. The lowest BCUT2D eigenvalue weighted by Crippen LogP contribution is -2.42. The topological polar surface area (TPSA) is 83.9 Å². The van der Waals surface area contributed by atoms with Gasteiger partial charge in [-0.15, -0.1) is 0 Å². The van der Waals surface area contributed by atoms with Crippen molar-refractivity contribution in [1.82, 2.24) is 4.98 Å². The van der Waals surface area contributed by atoms with Crippen LogP contribution in [-0.4, -0.2) is 49.0 Å². The number of carboxylic acid groups (broad SMARTS) is 1. The predicted octanol–water partition coefficient (Wildman–Crippen LogP) is 5.19. The highest BCUT2D eigenvalue weighted by Crippen LogP contribution is 2.36. The van der Waals surface area contributed by atoms with Crippen molar-refractivity contribution in [3.05, 3.63) is 47.8 Å². The Bertz CT molecular complexity index is 895. The number of aromatic nitrogens is 1. The zero-order valence-electron chi connectivity index (χ0n) is 20.2. The van der Waals surface area contributed by atoms with Gasteiger partial charge in [0.15, 0.2) is 0 Å². The second kappa shape index (κ2) is 12.0. The largest absolute Gasteiger partial charge is 0.481 e. The molecule has 0 saturated carbocycles. The van der Waals surface area contributed by atoms with E-state index in [1.54, 1.807) is 7.11 Å². The van der Waals surface area contributed by atoms with Gasteiger partial charge in [-0.1, -0.05) is 26.8 Å². The summed E-state index contributed by atoms with van der Waals surface area (Å²) in [5, 5.41) is 12.8. The number of aliphatic carboxylic acids is 1. The number of methoxy groups -OCH3 is 1. The van der Waals surface area contributed by atoms with Crippen LogP contribution in [0, 0.1) is 5.92 Å². The molecule has 0 spiro atoms. The van der Waals surface area contributed by atoms with Crippen LogP contribution in [0.25, 0.3) is 0 Å². The van der Waals surface area contributed by atoms with Crippen molar-refractivity contribution in [2.24, 2.45) is 5.92 Å². The molecular formula is C26H37N3O4. The number of benzene rings is 1. The lowest BCUT2D eigenvalue weighted by atomic mass is 9.95. The van der Waals surface area contributed by atoms with Crippen molar-refractivity contribution in [3.63, 3.8) is 0 Å². The van der Waals surface area contributed by atoms with Gasteiger partial charge < -0.3 is 24.8 Å². The molecule has 1 aromatic heterocycles. The second-order valence-corrected chi connectivity index (χ2v) is 9.26. The Balaban J connectivity index is 1.98. The third-order valence-corrected chi connectivity index (χ3v) is 5.97. The summed E-state index contributed by atoms with van der Waals surface area (Å²) in [6.07, 6.45) is 3.90. The third kappa shape index (κ3) is 7.17. The molecule has 1 fully saturated rings. The van der Waals surface area contributed by atoms with Crippen LogP contribution in [0.15, 0.2) is 36.5 Å². The van der Waals surface area contributed by atoms with E-state index in [1.165, 1.54) is 0 Å². The van der Waals surface area contributed by atoms with Gasteiger partial charge in [0.25, 0.3) is 0 Å². The molecular weight excluding hydrogens is 418 g/mol. The summed E-state index contributed by atoms with van der Waals surface area (Å²) in [4.78, 5) is 18.3. The zero-order chi connectivity index (χ0) is 23.8. The molecule has 33 heavy (non-hydrogen) atoms. The predicted molar refractivity (Wildman–Crippen MR) is 131 cm³/mol. The summed E-state index contributed by atoms with van der Waals surface area (Å²) in [7, 11) is 1.66. The van der Waals surface area contributed by atoms with Crippen LogP contribution in [-0.2, 0) is 20.9 Å². The van der Waals surface area contributed by atoms with Gasteiger partial charge in [0.05, 0.1) is 42.0 Å². The zero-order valence-corrected chi connectivity index (χ0v) is 20.2. The van der Waals surface area contributed by atoms with Gasteiger partial charge in [-0.3, -0.25) is 9.78 Å². The Morgan fingerprint density at radius 3 is 2.61 bits per heavy atom. The van der Waals surface area contributed by atoms with Crippen LogP contribution >= 0.6 is 0 Å². The maximum atomic E-state index is 11.3. The van der Waals surface area contributed by atoms with E-state index in [2.05, 4.69) is 47.2 Å². The molecule has 3 rings (SSSR count).